The third kappa shape index (κ3) is 5.84. The first-order valence-corrected chi connectivity index (χ1v) is 11.3. The fraction of sp³-hybridized carbons (Fsp3) is 0.273. The van der Waals surface area contributed by atoms with Crippen molar-refractivity contribution in [1.82, 2.24) is 29.1 Å². The summed E-state index contributed by atoms with van der Waals surface area (Å²) in [5.41, 5.74) is -0.638. The molecule has 2 aromatic heterocycles. The van der Waals surface area contributed by atoms with Crippen LogP contribution in [0, 0.1) is 0 Å². The predicted molar refractivity (Wildman–Crippen MR) is 124 cm³/mol. The Hall–Kier alpha value is -3.29. The summed E-state index contributed by atoms with van der Waals surface area (Å²) in [5.74, 6) is -4.66. The molecule has 4 rings (SSSR count). The Morgan fingerprint density at radius 1 is 1.00 bits per heavy atom. The van der Waals surface area contributed by atoms with E-state index in [2.05, 4.69) is 15.2 Å². The zero-order valence-electron chi connectivity index (χ0n) is 18.8. The van der Waals surface area contributed by atoms with Gasteiger partial charge in [0.25, 0.3) is 0 Å². The van der Waals surface area contributed by atoms with Gasteiger partial charge in [0.1, 0.15) is 6.54 Å². The monoisotopic (exact) mass is 562 g/mol. The van der Waals surface area contributed by atoms with E-state index >= 15 is 0 Å². The van der Waals surface area contributed by atoms with Gasteiger partial charge in [0.05, 0.1) is 12.2 Å². The highest BCUT2D eigenvalue weighted by Crippen LogP contribution is 2.29. The minimum absolute atomic E-state index is 0.177. The number of hydrogen-bond donors (Lipinski definition) is 1. The van der Waals surface area contributed by atoms with Crippen LogP contribution in [0.3, 0.4) is 0 Å². The summed E-state index contributed by atoms with van der Waals surface area (Å²) < 4.78 is 70.0. The lowest BCUT2D eigenvalue weighted by atomic mass is 10.2. The minimum Gasteiger partial charge on any atom is -0.382 e. The van der Waals surface area contributed by atoms with E-state index in [4.69, 9.17) is 23.2 Å². The summed E-state index contributed by atoms with van der Waals surface area (Å²) in [6.07, 6.45) is -7.86. The molecule has 37 heavy (non-hydrogen) atoms. The molecule has 0 aliphatic rings. The Morgan fingerprint density at radius 2 is 1.68 bits per heavy atom. The Labute approximate surface area is 215 Å². The maximum Gasteiger partial charge on any atom is 0.416 e. The number of alkyl halides is 5. The van der Waals surface area contributed by atoms with Crippen LogP contribution < -0.4 is 5.69 Å². The molecule has 0 fully saturated rings. The van der Waals surface area contributed by atoms with Crippen molar-refractivity contribution in [2.75, 3.05) is 0 Å². The number of aromatic nitrogens is 6. The topological polar surface area (TPSA) is 90.8 Å². The highest BCUT2D eigenvalue weighted by Gasteiger charge is 2.39. The van der Waals surface area contributed by atoms with Gasteiger partial charge in [0.2, 0.25) is 5.82 Å². The fourth-order valence-electron chi connectivity index (χ4n) is 3.43. The molecule has 8 nitrogen and oxygen atoms in total. The van der Waals surface area contributed by atoms with E-state index in [0.717, 1.165) is 9.36 Å². The van der Waals surface area contributed by atoms with Gasteiger partial charge in [0, 0.05) is 22.5 Å². The van der Waals surface area contributed by atoms with E-state index in [1.165, 1.54) is 48.5 Å². The number of rotatable bonds is 7. The zero-order valence-corrected chi connectivity index (χ0v) is 20.3. The Morgan fingerprint density at radius 3 is 2.27 bits per heavy atom. The summed E-state index contributed by atoms with van der Waals surface area (Å²) in [6, 6.07) is 11.6. The molecule has 1 N–H and O–H groups in total. The summed E-state index contributed by atoms with van der Waals surface area (Å²) in [6.45, 7) is -1.09. The van der Waals surface area contributed by atoms with Crippen LogP contribution in [-0.2, 0) is 19.0 Å². The van der Waals surface area contributed by atoms with Crippen LogP contribution in [0.5, 0.6) is 0 Å². The molecule has 196 valence electrons. The average molecular weight is 563 g/mol. The third-order valence-electron chi connectivity index (χ3n) is 5.15. The predicted octanol–water partition coefficient (Wildman–Crippen LogP) is 4.68. The molecule has 4 aromatic rings. The molecule has 2 heterocycles. The lowest BCUT2D eigenvalue weighted by molar-refractivity contribution is -0.207. The standard InChI is InChI=1S/C22H17Cl2F5N6O2/c1-21(25,26)19-30-17(31-35(19)15-4-2-3-14(24)9-15)11-34-20(37)33(10-16(36)22(27,28)29)18(32-34)12-5-7-13(23)8-6-12/h2-9,16,36H,10-11H2,1H3. The molecular weight excluding hydrogens is 546 g/mol. The zero-order chi connectivity index (χ0) is 27.1. The molecule has 0 spiro atoms. The van der Waals surface area contributed by atoms with E-state index in [9.17, 15) is 31.9 Å². The molecule has 15 heteroatoms. The Kier molecular flexibility index (Phi) is 7.14. The molecule has 0 aliphatic heterocycles. The fourth-order valence-corrected chi connectivity index (χ4v) is 3.74. The van der Waals surface area contributed by atoms with Crippen molar-refractivity contribution in [2.24, 2.45) is 0 Å². The average Bonchev–Trinajstić information content (AvgIpc) is 3.36. The van der Waals surface area contributed by atoms with Crippen LogP contribution in [0.1, 0.15) is 18.6 Å². The van der Waals surface area contributed by atoms with Gasteiger partial charge < -0.3 is 5.11 Å². The highest BCUT2D eigenvalue weighted by atomic mass is 35.5. The maximum atomic E-state index is 14.3. The largest absolute Gasteiger partial charge is 0.416 e. The van der Waals surface area contributed by atoms with Crippen molar-refractivity contribution < 1.29 is 27.1 Å². The van der Waals surface area contributed by atoms with Crippen molar-refractivity contribution in [3.05, 3.63) is 80.7 Å². The maximum absolute atomic E-state index is 14.3. The number of benzene rings is 2. The molecule has 2 aromatic carbocycles. The van der Waals surface area contributed by atoms with Gasteiger partial charge in [-0.3, -0.25) is 4.57 Å². The lowest BCUT2D eigenvalue weighted by Gasteiger charge is -2.15. The molecule has 0 bridgehead atoms. The molecule has 1 atom stereocenters. The van der Waals surface area contributed by atoms with Gasteiger partial charge in [-0.2, -0.15) is 22.0 Å². The van der Waals surface area contributed by atoms with E-state index in [1.807, 2.05) is 0 Å². The van der Waals surface area contributed by atoms with Gasteiger partial charge >= 0.3 is 17.8 Å². The first kappa shape index (κ1) is 26.8. The van der Waals surface area contributed by atoms with Crippen molar-refractivity contribution in [3.8, 4) is 17.1 Å². The normalized spacial score (nSPS) is 13.2. The second kappa shape index (κ2) is 9.88. The van der Waals surface area contributed by atoms with Gasteiger partial charge in [-0.25, -0.2) is 19.1 Å². The van der Waals surface area contributed by atoms with E-state index in [-0.39, 0.29) is 27.9 Å². The smallest absolute Gasteiger partial charge is 0.382 e. The van der Waals surface area contributed by atoms with E-state index < -0.39 is 42.8 Å². The van der Waals surface area contributed by atoms with Gasteiger partial charge in [-0.05, 0) is 42.5 Å². The SMILES string of the molecule is CC(F)(F)c1nc(Cn2nc(-c3ccc(Cl)cc3)n(CC(O)C(F)(F)F)c2=O)nn1-c1cccc(Cl)c1. The first-order valence-electron chi connectivity index (χ1n) is 10.5. The molecule has 0 aliphatic carbocycles. The van der Waals surface area contributed by atoms with Crippen molar-refractivity contribution in [3.63, 3.8) is 0 Å². The van der Waals surface area contributed by atoms with Gasteiger partial charge in [-0.15, -0.1) is 10.2 Å². The molecule has 1 unspecified atom stereocenters. The molecule has 0 saturated heterocycles. The molecule has 0 amide bonds. The summed E-state index contributed by atoms with van der Waals surface area (Å²) in [7, 11) is 0. The van der Waals surface area contributed by atoms with Crippen molar-refractivity contribution in [2.45, 2.75) is 38.2 Å². The van der Waals surface area contributed by atoms with Crippen LogP contribution >= 0.6 is 23.2 Å². The Bertz CT molecular complexity index is 1470. The second-order valence-corrected chi connectivity index (χ2v) is 8.94. The van der Waals surface area contributed by atoms with Crippen molar-refractivity contribution in [1.29, 1.82) is 0 Å². The highest BCUT2D eigenvalue weighted by molar-refractivity contribution is 6.31. The number of aliphatic hydroxyl groups is 1. The minimum atomic E-state index is -5.00. The summed E-state index contributed by atoms with van der Waals surface area (Å²) in [5, 5.41) is 18.3. The second-order valence-electron chi connectivity index (χ2n) is 8.07. The van der Waals surface area contributed by atoms with Gasteiger partial charge in [0.15, 0.2) is 17.8 Å². The van der Waals surface area contributed by atoms with Crippen LogP contribution in [-0.4, -0.2) is 46.5 Å². The first-order chi connectivity index (χ1) is 17.2. The lowest BCUT2D eigenvalue weighted by Crippen LogP contribution is -2.37. The van der Waals surface area contributed by atoms with Crippen LogP contribution in [0.2, 0.25) is 10.0 Å². The number of halogens is 7. The third-order valence-corrected chi connectivity index (χ3v) is 5.63. The number of aliphatic hydroxyl groups excluding tert-OH is 1. The van der Waals surface area contributed by atoms with Crippen LogP contribution in [0.25, 0.3) is 17.1 Å². The molecule has 0 radical (unpaired) electrons. The van der Waals surface area contributed by atoms with E-state index in [0.29, 0.717) is 16.5 Å². The van der Waals surface area contributed by atoms with Crippen LogP contribution in [0.4, 0.5) is 22.0 Å². The summed E-state index contributed by atoms with van der Waals surface area (Å²) in [4.78, 5) is 16.9. The Balaban J connectivity index is 1.79. The van der Waals surface area contributed by atoms with E-state index in [1.54, 1.807) is 0 Å². The van der Waals surface area contributed by atoms with Crippen LogP contribution in [0.15, 0.2) is 53.3 Å². The van der Waals surface area contributed by atoms with Gasteiger partial charge in [-0.1, -0.05) is 29.3 Å². The van der Waals surface area contributed by atoms with Crippen molar-refractivity contribution >= 4 is 23.2 Å². The molecule has 0 saturated carbocycles. The quantitative estimate of drug-likeness (QED) is 0.330. The number of hydrogen-bond acceptors (Lipinski definition) is 5. The molecular formula is C22H17Cl2F5N6O2. The summed E-state index contributed by atoms with van der Waals surface area (Å²) >= 11 is 11.8. The number of nitrogens with zero attached hydrogens (tertiary/aromatic N) is 6.